The molecule has 0 radical (unpaired) electrons. The highest BCUT2D eigenvalue weighted by atomic mass is 16.5. The quantitative estimate of drug-likeness (QED) is 0.426. The molecule has 2 aromatic heterocycles. The minimum atomic E-state index is -0.168. The van der Waals surface area contributed by atoms with Gasteiger partial charge in [-0.3, -0.25) is 4.79 Å². The lowest BCUT2D eigenvalue weighted by molar-refractivity contribution is 0.102. The second kappa shape index (κ2) is 8.65. The van der Waals surface area contributed by atoms with Gasteiger partial charge in [0.15, 0.2) is 0 Å². The summed E-state index contributed by atoms with van der Waals surface area (Å²) in [5.74, 6) is 1.58. The number of anilines is 1. The van der Waals surface area contributed by atoms with Crippen LogP contribution >= 0.6 is 0 Å². The Morgan fingerprint density at radius 1 is 1.03 bits per heavy atom. The molecule has 1 N–H and O–H groups in total. The first-order valence-corrected chi connectivity index (χ1v) is 11.4. The van der Waals surface area contributed by atoms with Crippen molar-refractivity contribution in [3.63, 3.8) is 0 Å². The summed E-state index contributed by atoms with van der Waals surface area (Å²) in [5, 5.41) is 11.8. The number of para-hydroxylation sites is 1. The fraction of sp³-hybridized carbons (Fsp3) is 0.308. The van der Waals surface area contributed by atoms with E-state index in [2.05, 4.69) is 20.6 Å². The fourth-order valence-electron chi connectivity index (χ4n) is 4.46. The largest absolute Gasteiger partial charge is 0.339 e. The fourth-order valence-corrected chi connectivity index (χ4v) is 4.46. The predicted octanol–water partition coefficient (Wildman–Crippen LogP) is 5.76. The third kappa shape index (κ3) is 4.18. The monoisotopic (exact) mass is 441 g/mol. The van der Waals surface area contributed by atoms with Crippen molar-refractivity contribution in [3.8, 4) is 17.1 Å². The van der Waals surface area contributed by atoms with Gasteiger partial charge in [0.1, 0.15) is 0 Å². The average Bonchev–Trinajstić information content (AvgIpc) is 3.57. The van der Waals surface area contributed by atoms with Crippen LogP contribution in [0.5, 0.6) is 0 Å². The second-order valence-corrected chi connectivity index (χ2v) is 8.78. The molecule has 0 aliphatic heterocycles. The van der Waals surface area contributed by atoms with Crippen molar-refractivity contribution < 1.29 is 9.32 Å². The summed E-state index contributed by atoms with van der Waals surface area (Å²) in [7, 11) is 0. The van der Waals surface area contributed by atoms with E-state index >= 15 is 0 Å². The molecule has 33 heavy (non-hydrogen) atoms. The zero-order valence-electron chi connectivity index (χ0n) is 19.1. The van der Waals surface area contributed by atoms with Crippen molar-refractivity contribution in [3.05, 3.63) is 76.9 Å². The molecule has 7 heteroatoms. The van der Waals surface area contributed by atoms with E-state index in [9.17, 15) is 4.79 Å². The van der Waals surface area contributed by atoms with Crippen molar-refractivity contribution in [1.29, 1.82) is 0 Å². The second-order valence-electron chi connectivity index (χ2n) is 8.78. The maximum absolute atomic E-state index is 12.9. The normalized spacial score (nSPS) is 14.0. The Hall–Kier alpha value is -3.74. The first kappa shape index (κ1) is 21.1. The zero-order chi connectivity index (χ0) is 22.9. The van der Waals surface area contributed by atoms with Gasteiger partial charge in [0.05, 0.1) is 16.9 Å². The van der Waals surface area contributed by atoms with Gasteiger partial charge in [-0.25, -0.2) is 4.68 Å². The van der Waals surface area contributed by atoms with Crippen LogP contribution in [0.2, 0.25) is 0 Å². The molecule has 0 saturated heterocycles. The van der Waals surface area contributed by atoms with E-state index in [0.29, 0.717) is 23.0 Å². The minimum absolute atomic E-state index is 0.168. The third-order valence-corrected chi connectivity index (χ3v) is 6.40. The topological polar surface area (TPSA) is 85.8 Å². The summed E-state index contributed by atoms with van der Waals surface area (Å²) in [4.78, 5) is 17.6. The average molecular weight is 442 g/mol. The van der Waals surface area contributed by atoms with Crippen molar-refractivity contribution in [2.24, 2.45) is 0 Å². The van der Waals surface area contributed by atoms with Gasteiger partial charge in [-0.15, -0.1) is 0 Å². The number of hydrogen-bond acceptors (Lipinski definition) is 5. The molecule has 4 aromatic rings. The molecule has 7 nitrogen and oxygen atoms in total. The lowest BCUT2D eigenvalue weighted by Crippen LogP contribution is -2.14. The highest BCUT2D eigenvalue weighted by molar-refractivity contribution is 6.05. The number of aromatic nitrogens is 4. The minimum Gasteiger partial charge on any atom is -0.339 e. The summed E-state index contributed by atoms with van der Waals surface area (Å²) in [6.07, 6.45) is 6.47. The number of nitrogens with one attached hydrogen (secondary N) is 1. The zero-order valence-corrected chi connectivity index (χ0v) is 19.1. The van der Waals surface area contributed by atoms with Crippen LogP contribution in [0.1, 0.15) is 64.7 Å². The van der Waals surface area contributed by atoms with Gasteiger partial charge in [0.2, 0.25) is 11.7 Å². The summed E-state index contributed by atoms with van der Waals surface area (Å²) >= 11 is 0. The molecule has 0 atom stereocenters. The van der Waals surface area contributed by atoms with Crippen LogP contribution in [0, 0.1) is 20.8 Å². The van der Waals surface area contributed by atoms with E-state index in [0.717, 1.165) is 46.8 Å². The van der Waals surface area contributed by atoms with Crippen molar-refractivity contribution >= 4 is 11.6 Å². The van der Waals surface area contributed by atoms with Gasteiger partial charge in [0, 0.05) is 23.4 Å². The number of carbonyl (C=O) groups excluding carboxylic acids is 1. The number of rotatable bonds is 5. The Balaban J connectivity index is 1.34. The molecule has 1 saturated carbocycles. The Bertz CT molecular complexity index is 1280. The summed E-state index contributed by atoms with van der Waals surface area (Å²) in [6.45, 7) is 5.82. The maximum Gasteiger partial charge on any atom is 0.259 e. The Morgan fingerprint density at radius 2 is 1.73 bits per heavy atom. The van der Waals surface area contributed by atoms with E-state index in [4.69, 9.17) is 4.52 Å². The van der Waals surface area contributed by atoms with Gasteiger partial charge in [-0.05, 0) is 69.0 Å². The Kier molecular flexibility index (Phi) is 5.54. The van der Waals surface area contributed by atoms with Crippen LogP contribution < -0.4 is 5.32 Å². The molecular formula is C26H27N5O2. The molecule has 0 bridgehead atoms. The smallest absolute Gasteiger partial charge is 0.259 e. The SMILES string of the molecule is Cc1cccc(C)c1NC(=O)c1cn(-c2ccc(-c3noc(C4CCCC4)n3)cc2)nc1C. The van der Waals surface area contributed by atoms with Gasteiger partial charge in [-0.1, -0.05) is 36.2 Å². The predicted molar refractivity (Wildman–Crippen MR) is 127 cm³/mol. The first-order valence-electron chi connectivity index (χ1n) is 11.4. The van der Waals surface area contributed by atoms with E-state index in [-0.39, 0.29) is 5.91 Å². The molecule has 1 amide bonds. The molecule has 1 aliphatic carbocycles. The number of benzene rings is 2. The van der Waals surface area contributed by atoms with Crippen molar-refractivity contribution in [1.82, 2.24) is 19.9 Å². The van der Waals surface area contributed by atoms with E-state index in [1.807, 2.05) is 63.2 Å². The van der Waals surface area contributed by atoms with Crippen LogP contribution in [0.3, 0.4) is 0 Å². The molecule has 1 fully saturated rings. The number of nitrogens with zero attached hydrogens (tertiary/aromatic N) is 4. The molecule has 2 aromatic carbocycles. The summed E-state index contributed by atoms with van der Waals surface area (Å²) < 4.78 is 7.23. The van der Waals surface area contributed by atoms with Crippen LogP contribution in [0.4, 0.5) is 5.69 Å². The highest BCUT2D eigenvalue weighted by Crippen LogP contribution is 2.34. The molecular weight excluding hydrogens is 414 g/mol. The number of aryl methyl sites for hydroxylation is 3. The van der Waals surface area contributed by atoms with Crippen LogP contribution in [0.25, 0.3) is 17.1 Å². The van der Waals surface area contributed by atoms with Gasteiger partial charge >= 0.3 is 0 Å². The molecule has 5 rings (SSSR count). The van der Waals surface area contributed by atoms with Gasteiger partial charge < -0.3 is 9.84 Å². The Morgan fingerprint density at radius 3 is 2.42 bits per heavy atom. The first-order chi connectivity index (χ1) is 16.0. The highest BCUT2D eigenvalue weighted by Gasteiger charge is 2.23. The number of hydrogen-bond donors (Lipinski definition) is 1. The summed E-state index contributed by atoms with van der Waals surface area (Å²) in [6, 6.07) is 13.7. The van der Waals surface area contributed by atoms with Crippen LogP contribution in [0.15, 0.2) is 53.2 Å². The molecule has 0 spiro atoms. The lowest BCUT2D eigenvalue weighted by atomic mass is 10.1. The van der Waals surface area contributed by atoms with Crippen molar-refractivity contribution in [2.75, 3.05) is 5.32 Å². The van der Waals surface area contributed by atoms with Gasteiger partial charge in [-0.2, -0.15) is 10.1 Å². The molecule has 168 valence electrons. The molecule has 1 aliphatic rings. The van der Waals surface area contributed by atoms with Crippen LogP contribution in [-0.4, -0.2) is 25.8 Å². The van der Waals surface area contributed by atoms with Crippen LogP contribution in [-0.2, 0) is 0 Å². The maximum atomic E-state index is 12.9. The van der Waals surface area contributed by atoms with Gasteiger partial charge in [0.25, 0.3) is 5.91 Å². The number of amides is 1. The number of carbonyl (C=O) groups is 1. The Labute approximate surface area is 192 Å². The lowest BCUT2D eigenvalue weighted by Gasteiger charge is -2.10. The third-order valence-electron chi connectivity index (χ3n) is 6.40. The standard InChI is InChI=1S/C26H27N5O2/c1-16-7-6-8-17(2)23(16)27-25(32)22-15-31(29-18(22)3)21-13-11-19(12-14-21)24-28-26(33-30-24)20-9-4-5-10-20/h6-8,11-15,20H,4-5,9-10H2,1-3H3,(H,27,32). The molecule has 2 heterocycles. The molecule has 0 unspecified atom stereocenters. The summed E-state index contributed by atoms with van der Waals surface area (Å²) in [5.41, 5.74) is 5.86. The van der Waals surface area contributed by atoms with E-state index < -0.39 is 0 Å². The van der Waals surface area contributed by atoms with E-state index in [1.54, 1.807) is 10.9 Å². The van der Waals surface area contributed by atoms with Crippen molar-refractivity contribution in [2.45, 2.75) is 52.4 Å². The van der Waals surface area contributed by atoms with E-state index in [1.165, 1.54) is 12.8 Å².